The molecule has 0 saturated heterocycles. The fourth-order valence-corrected chi connectivity index (χ4v) is 3.03. The first-order valence-electron chi connectivity index (χ1n) is 8.79. The lowest BCUT2D eigenvalue weighted by molar-refractivity contribution is -0.123. The molecule has 3 aromatic carbocycles. The summed E-state index contributed by atoms with van der Waals surface area (Å²) in [6, 6.07) is 20.1. The van der Waals surface area contributed by atoms with Crippen molar-refractivity contribution in [3.05, 3.63) is 89.7 Å². The van der Waals surface area contributed by atoms with Gasteiger partial charge in [-0.25, -0.2) is 4.39 Å². The standard InChI is InChI=1S/C22H17FN2O3/c23-16-8-6-14(7-9-16)12-20(26)24-17-10-11-19-18(13-17)25-22(27)21(28-19)15-4-2-1-3-5-15/h1-11,13,21H,12H2,(H,24,26)(H,25,27). The molecule has 0 aliphatic carbocycles. The second-order valence-corrected chi connectivity index (χ2v) is 6.46. The average Bonchev–Trinajstić information content (AvgIpc) is 2.70. The number of halogens is 1. The fraction of sp³-hybridized carbons (Fsp3) is 0.0909. The molecule has 4 rings (SSSR count). The highest BCUT2D eigenvalue weighted by Gasteiger charge is 2.29. The second-order valence-electron chi connectivity index (χ2n) is 6.46. The van der Waals surface area contributed by atoms with E-state index in [4.69, 9.17) is 4.74 Å². The van der Waals surface area contributed by atoms with Gasteiger partial charge in [0, 0.05) is 11.3 Å². The number of benzene rings is 3. The monoisotopic (exact) mass is 376 g/mol. The van der Waals surface area contributed by atoms with Crippen molar-refractivity contribution >= 4 is 23.2 Å². The number of hydrogen-bond acceptors (Lipinski definition) is 3. The van der Waals surface area contributed by atoms with Gasteiger partial charge in [-0.2, -0.15) is 0 Å². The van der Waals surface area contributed by atoms with Crippen molar-refractivity contribution < 1.29 is 18.7 Å². The van der Waals surface area contributed by atoms with Crippen LogP contribution in [0.5, 0.6) is 5.75 Å². The lowest BCUT2D eigenvalue weighted by atomic mass is 10.1. The molecular weight excluding hydrogens is 359 g/mol. The van der Waals surface area contributed by atoms with Gasteiger partial charge in [-0.3, -0.25) is 9.59 Å². The molecule has 0 spiro atoms. The van der Waals surface area contributed by atoms with Gasteiger partial charge in [-0.15, -0.1) is 0 Å². The van der Waals surface area contributed by atoms with Crippen LogP contribution in [0, 0.1) is 5.82 Å². The van der Waals surface area contributed by atoms with Crippen LogP contribution in [0.15, 0.2) is 72.8 Å². The Morgan fingerprint density at radius 2 is 1.79 bits per heavy atom. The van der Waals surface area contributed by atoms with E-state index in [9.17, 15) is 14.0 Å². The van der Waals surface area contributed by atoms with Crippen molar-refractivity contribution in [2.24, 2.45) is 0 Å². The van der Waals surface area contributed by atoms with Crippen molar-refractivity contribution in [2.75, 3.05) is 10.6 Å². The maximum Gasteiger partial charge on any atom is 0.270 e. The highest BCUT2D eigenvalue weighted by Crippen LogP contribution is 2.36. The Kier molecular flexibility index (Phi) is 4.76. The Morgan fingerprint density at radius 1 is 1.04 bits per heavy atom. The van der Waals surface area contributed by atoms with E-state index in [2.05, 4.69) is 10.6 Å². The fourth-order valence-electron chi connectivity index (χ4n) is 3.03. The summed E-state index contributed by atoms with van der Waals surface area (Å²) >= 11 is 0. The first kappa shape index (κ1) is 17.7. The second kappa shape index (κ2) is 7.52. The minimum Gasteiger partial charge on any atom is -0.474 e. The van der Waals surface area contributed by atoms with E-state index in [1.165, 1.54) is 12.1 Å². The average molecular weight is 376 g/mol. The summed E-state index contributed by atoms with van der Waals surface area (Å²) in [5, 5.41) is 5.59. The van der Waals surface area contributed by atoms with Crippen molar-refractivity contribution in [3.63, 3.8) is 0 Å². The highest BCUT2D eigenvalue weighted by atomic mass is 19.1. The lowest BCUT2D eigenvalue weighted by Crippen LogP contribution is -2.30. The predicted molar refractivity (Wildman–Crippen MR) is 104 cm³/mol. The molecule has 1 aliphatic heterocycles. The van der Waals surface area contributed by atoms with Crippen LogP contribution in [0.25, 0.3) is 0 Å². The number of carbonyl (C=O) groups excluding carboxylic acids is 2. The van der Waals surface area contributed by atoms with E-state index in [0.29, 0.717) is 22.7 Å². The van der Waals surface area contributed by atoms with E-state index >= 15 is 0 Å². The van der Waals surface area contributed by atoms with Gasteiger partial charge in [0.15, 0.2) is 0 Å². The number of carbonyl (C=O) groups is 2. The Balaban J connectivity index is 1.46. The van der Waals surface area contributed by atoms with Crippen LogP contribution < -0.4 is 15.4 Å². The zero-order valence-electron chi connectivity index (χ0n) is 14.8. The first-order valence-corrected chi connectivity index (χ1v) is 8.79. The van der Waals surface area contributed by atoms with E-state index in [0.717, 1.165) is 5.56 Å². The summed E-state index contributed by atoms with van der Waals surface area (Å²) in [5.41, 5.74) is 2.51. The maximum atomic E-state index is 13.0. The third-order valence-electron chi connectivity index (χ3n) is 4.38. The Morgan fingerprint density at radius 3 is 2.54 bits per heavy atom. The van der Waals surface area contributed by atoms with Gasteiger partial charge in [0.1, 0.15) is 11.6 Å². The molecule has 5 nitrogen and oxygen atoms in total. The number of amides is 2. The van der Waals surface area contributed by atoms with Gasteiger partial charge in [0.2, 0.25) is 12.0 Å². The molecule has 2 N–H and O–H groups in total. The smallest absolute Gasteiger partial charge is 0.270 e. The van der Waals surface area contributed by atoms with E-state index in [1.807, 2.05) is 30.3 Å². The normalized spacial score (nSPS) is 15.2. The predicted octanol–water partition coefficient (Wildman–Crippen LogP) is 4.08. The summed E-state index contributed by atoms with van der Waals surface area (Å²) < 4.78 is 18.8. The zero-order valence-corrected chi connectivity index (χ0v) is 14.8. The molecule has 0 fully saturated rings. The van der Waals surface area contributed by atoms with Crippen molar-refractivity contribution in [3.8, 4) is 5.75 Å². The van der Waals surface area contributed by atoms with Crippen LogP contribution in [-0.4, -0.2) is 11.8 Å². The van der Waals surface area contributed by atoms with E-state index < -0.39 is 6.10 Å². The molecule has 0 bridgehead atoms. The molecule has 6 heteroatoms. The summed E-state index contributed by atoms with van der Waals surface area (Å²) in [7, 11) is 0. The summed E-state index contributed by atoms with van der Waals surface area (Å²) in [6.07, 6.45) is -0.594. The first-order chi connectivity index (χ1) is 13.6. The largest absolute Gasteiger partial charge is 0.474 e. The summed E-state index contributed by atoms with van der Waals surface area (Å²) in [5.74, 6) is -0.321. The van der Waals surface area contributed by atoms with Crippen LogP contribution in [0.4, 0.5) is 15.8 Å². The number of nitrogens with one attached hydrogen (secondary N) is 2. The minimum atomic E-state index is -0.715. The molecule has 28 heavy (non-hydrogen) atoms. The van der Waals surface area contributed by atoms with Gasteiger partial charge in [-0.05, 0) is 35.9 Å². The van der Waals surface area contributed by atoms with Crippen molar-refractivity contribution in [2.45, 2.75) is 12.5 Å². The van der Waals surface area contributed by atoms with Gasteiger partial charge in [-0.1, -0.05) is 42.5 Å². The topological polar surface area (TPSA) is 67.4 Å². The van der Waals surface area contributed by atoms with Crippen molar-refractivity contribution in [1.82, 2.24) is 0 Å². The minimum absolute atomic E-state index is 0.121. The number of hydrogen-bond donors (Lipinski definition) is 2. The summed E-state index contributed by atoms with van der Waals surface area (Å²) in [4.78, 5) is 24.6. The lowest BCUT2D eigenvalue weighted by Gasteiger charge is -2.26. The van der Waals surface area contributed by atoms with Gasteiger partial charge < -0.3 is 15.4 Å². The number of anilines is 2. The van der Waals surface area contributed by atoms with E-state index in [-0.39, 0.29) is 24.1 Å². The Labute approximate surface area is 161 Å². The van der Waals surface area contributed by atoms with Crippen LogP contribution in [-0.2, 0) is 16.0 Å². The number of ether oxygens (including phenoxy) is 1. The molecule has 3 aromatic rings. The van der Waals surface area contributed by atoms with Crippen LogP contribution in [0.3, 0.4) is 0 Å². The SMILES string of the molecule is O=C(Cc1ccc(F)cc1)Nc1ccc2c(c1)NC(=O)C(c1ccccc1)O2. The van der Waals surface area contributed by atoms with Gasteiger partial charge >= 0.3 is 0 Å². The van der Waals surface area contributed by atoms with Gasteiger partial charge in [0.05, 0.1) is 12.1 Å². The van der Waals surface area contributed by atoms with E-state index in [1.54, 1.807) is 30.3 Å². The van der Waals surface area contributed by atoms with Crippen LogP contribution in [0.2, 0.25) is 0 Å². The Bertz CT molecular complexity index is 1020. The number of fused-ring (bicyclic) bond motifs is 1. The molecule has 2 amide bonds. The molecule has 0 radical (unpaired) electrons. The zero-order chi connectivity index (χ0) is 19.5. The van der Waals surface area contributed by atoms with Crippen molar-refractivity contribution in [1.29, 1.82) is 0 Å². The molecule has 1 atom stereocenters. The maximum absolute atomic E-state index is 13.0. The molecule has 140 valence electrons. The molecule has 1 aliphatic rings. The molecule has 0 saturated carbocycles. The molecule has 1 heterocycles. The van der Waals surface area contributed by atoms with Crippen LogP contribution >= 0.6 is 0 Å². The highest BCUT2D eigenvalue weighted by molar-refractivity contribution is 6.00. The Hall–Kier alpha value is -3.67. The molecule has 1 unspecified atom stereocenters. The quantitative estimate of drug-likeness (QED) is 0.721. The number of rotatable bonds is 4. The summed E-state index contributed by atoms with van der Waals surface area (Å²) in [6.45, 7) is 0. The van der Waals surface area contributed by atoms with Crippen LogP contribution in [0.1, 0.15) is 17.2 Å². The third-order valence-corrected chi connectivity index (χ3v) is 4.38. The molecule has 0 aromatic heterocycles. The molecular formula is C22H17FN2O3. The van der Waals surface area contributed by atoms with Gasteiger partial charge in [0.25, 0.3) is 5.91 Å². The third kappa shape index (κ3) is 3.86.